The second-order valence-electron chi connectivity index (χ2n) is 5.20. The van der Waals surface area contributed by atoms with Crippen LogP contribution in [0.1, 0.15) is 19.8 Å². The number of likely N-dealkylation sites (tertiary alicyclic amines) is 1. The van der Waals surface area contributed by atoms with E-state index in [-0.39, 0.29) is 24.5 Å². The smallest absolute Gasteiger partial charge is 0.260 e. The number of hydrogen-bond acceptors (Lipinski definition) is 3. The Hall–Kier alpha value is -1.07. The summed E-state index contributed by atoms with van der Waals surface area (Å²) in [4.78, 5) is 13.9. The summed E-state index contributed by atoms with van der Waals surface area (Å²) in [7, 11) is 0. The monoisotopic (exact) mass is 341 g/mol. The van der Waals surface area contributed by atoms with Gasteiger partial charge in [0.1, 0.15) is 5.75 Å². The molecule has 0 saturated carbocycles. The van der Waals surface area contributed by atoms with Crippen LogP contribution in [0.3, 0.4) is 0 Å². The number of para-hydroxylation sites is 1. The fourth-order valence-corrected chi connectivity index (χ4v) is 2.82. The van der Waals surface area contributed by atoms with Gasteiger partial charge in [-0.3, -0.25) is 4.79 Å². The molecule has 1 aliphatic rings. The Morgan fingerprint density at radius 1 is 1.55 bits per heavy atom. The lowest BCUT2D eigenvalue weighted by Gasteiger charge is -2.34. The molecule has 1 heterocycles. The van der Waals surface area contributed by atoms with Crippen LogP contribution in [0.2, 0.25) is 0 Å². The predicted molar refractivity (Wildman–Crippen MR) is 80.6 cm³/mol. The number of hydrogen-bond donors (Lipinski definition) is 1. The van der Waals surface area contributed by atoms with E-state index < -0.39 is 0 Å². The predicted octanol–water partition coefficient (Wildman–Crippen LogP) is 2.45. The van der Waals surface area contributed by atoms with Gasteiger partial charge in [-0.2, -0.15) is 0 Å². The lowest BCUT2D eigenvalue weighted by molar-refractivity contribution is -0.136. The van der Waals surface area contributed by atoms with Crippen molar-refractivity contribution in [3.05, 3.63) is 28.7 Å². The zero-order valence-electron chi connectivity index (χ0n) is 11.6. The van der Waals surface area contributed by atoms with Crippen LogP contribution in [0.5, 0.6) is 5.75 Å². The number of amides is 1. The van der Waals surface area contributed by atoms with Crippen LogP contribution in [0.15, 0.2) is 28.7 Å². The third-order valence-electron chi connectivity index (χ3n) is 3.68. The first-order chi connectivity index (χ1) is 9.58. The Morgan fingerprint density at radius 2 is 2.30 bits per heavy atom. The quantitative estimate of drug-likeness (QED) is 0.914. The standard InChI is InChI=1S/C15H20BrNO3/c1-11(18)12-5-4-8-17(9-12)15(19)10-20-14-7-3-2-6-13(14)16/h2-3,6-7,11-12,18H,4-5,8-10H2,1H3/t11-,12-/m1/s1. The first-order valence-corrected chi connectivity index (χ1v) is 7.70. The van der Waals surface area contributed by atoms with E-state index in [0.717, 1.165) is 23.9 Å². The summed E-state index contributed by atoms with van der Waals surface area (Å²) in [5, 5.41) is 9.65. The van der Waals surface area contributed by atoms with E-state index in [4.69, 9.17) is 4.74 Å². The molecule has 0 radical (unpaired) electrons. The fraction of sp³-hybridized carbons (Fsp3) is 0.533. The van der Waals surface area contributed by atoms with Gasteiger partial charge in [-0.1, -0.05) is 12.1 Å². The summed E-state index contributed by atoms with van der Waals surface area (Å²) in [6.07, 6.45) is 1.55. The Labute approximate surface area is 127 Å². The zero-order chi connectivity index (χ0) is 14.5. The molecule has 1 N–H and O–H groups in total. The molecule has 1 aliphatic heterocycles. The molecule has 5 heteroatoms. The number of nitrogens with zero attached hydrogens (tertiary/aromatic N) is 1. The number of piperidine rings is 1. The average molecular weight is 342 g/mol. The molecule has 2 atom stereocenters. The first-order valence-electron chi connectivity index (χ1n) is 6.91. The minimum absolute atomic E-state index is 0.0221. The normalized spacial score (nSPS) is 20.6. The molecule has 1 fully saturated rings. The minimum atomic E-state index is -0.366. The van der Waals surface area contributed by atoms with Crippen LogP contribution >= 0.6 is 15.9 Å². The molecule has 1 aromatic carbocycles. The third kappa shape index (κ3) is 3.96. The third-order valence-corrected chi connectivity index (χ3v) is 4.34. The Morgan fingerprint density at radius 3 is 3.00 bits per heavy atom. The number of ether oxygens (including phenoxy) is 1. The molecule has 1 saturated heterocycles. The molecule has 20 heavy (non-hydrogen) atoms. The minimum Gasteiger partial charge on any atom is -0.483 e. The SMILES string of the molecule is C[C@@H](O)[C@@H]1CCCN(C(=O)COc2ccccc2Br)C1. The topological polar surface area (TPSA) is 49.8 Å². The van der Waals surface area contributed by atoms with Gasteiger partial charge < -0.3 is 14.7 Å². The maximum Gasteiger partial charge on any atom is 0.260 e. The summed E-state index contributed by atoms with van der Waals surface area (Å²) >= 11 is 3.39. The van der Waals surface area contributed by atoms with E-state index in [1.807, 2.05) is 24.3 Å². The first kappa shape index (κ1) is 15.3. The second kappa shape index (κ2) is 7.09. The Bertz CT molecular complexity index is 464. The highest BCUT2D eigenvalue weighted by Crippen LogP contribution is 2.24. The molecule has 0 aromatic heterocycles. The van der Waals surface area contributed by atoms with Gasteiger partial charge in [0.15, 0.2) is 6.61 Å². The van der Waals surface area contributed by atoms with Gasteiger partial charge in [-0.25, -0.2) is 0 Å². The van der Waals surface area contributed by atoms with Crippen molar-refractivity contribution in [3.63, 3.8) is 0 Å². The summed E-state index contributed by atoms with van der Waals surface area (Å²) in [5.41, 5.74) is 0. The number of rotatable bonds is 4. The summed E-state index contributed by atoms with van der Waals surface area (Å²) in [6.45, 7) is 3.20. The molecular weight excluding hydrogens is 322 g/mol. The van der Waals surface area contributed by atoms with Gasteiger partial charge >= 0.3 is 0 Å². The maximum absolute atomic E-state index is 12.2. The number of carbonyl (C=O) groups is 1. The maximum atomic E-state index is 12.2. The molecule has 1 amide bonds. The van der Waals surface area contributed by atoms with Crippen molar-refractivity contribution in [2.45, 2.75) is 25.9 Å². The van der Waals surface area contributed by atoms with E-state index in [2.05, 4.69) is 15.9 Å². The summed E-state index contributed by atoms with van der Waals surface area (Å²) in [5.74, 6) is 0.826. The molecule has 4 nitrogen and oxygen atoms in total. The van der Waals surface area contributed by atoms with Crippen molar-refractivity contribution >= 4 is 21.8 Å². The van der Waals surface area contributed by atoms with Gasteiger partial charge in [-0.05, 0) is 47.8 Å². The van der Waals surface area contributed by atoms with Gasteiger partial charge in [0.2, 0.25) is 0 Å². The van der Waals surface area contributed by atoms with Gasteiger partial charge in [-0.15, -0.1) is 0 Å². The van der Waals surface area contributed by atoms with Crippen molar-refractivity contribution in [1.82, 2.24) is 4.90 Å². The lowest BCUT2D eigenvalue weighted by atomic mass is 9.93. The van der Waals surface area contributed by atoms with E-state index >= 15 is 0 Å². The van der Waals surface area contributed by atoms with Crippen molar-refractivity contribution in [3.8, 4) is 5.75 Å². The van der Waals surface area contributed by atoms with Crippen LogP contribution < -0.4 is 4.74 Å². The Balaban J connectivity index is 1.87. The van der Waals surface area contributed by atoms with Crippen molar-refractivity contribution in [1.29, 1.82) is 0 Å². The van der Waals surface area contributed by atoms with Gasteiger partial charge in [0.05, 0.1) is 10.6 Å². The van der Waals surface area contributed by atoms with Gasteiger partial charge in [0, 0.05) is 19.0 Å². The molecule has 1 aromatic rings. The second-order valence-corrected chi connectivity index (χ2v) is 6.06. The van der Waals surface area contributed by atoms with Crippen molar-refractivity contribution in [2.24, 2.45) is 5.92 Å². The largest absolute Gasteiger partial charge is 0.483 e. The summed E-state index contributed by atoms with van der Waals surface area (Å²) < 4.78 is 6.39. The van der Waals surface area contributed by atoms with Crippen LogP contribution in [0.25, 0.3) is 0 Å². The van der Waals surface area contributed by atoms with E-state index in [1.165, 1.54) is 0 Å². The van der Waals surface area contributed by atoms with Crippen LogP contribution in [0.4, 0.5) is 0 Å². The van der Waals surface area contributed by atoms with Crippen molar-refractivity contribution in [2.75, 3.05) is 19.7 Å². The number of aliphatic hydroxyl groups excluding tert-OH is 1. The zero-order valence-corrected chi connectivity index (χ0v) is 13.2. The van der Waals surface area contributed by atoms with Crippen LogP contribution in [-0.4, -0.2) is 41.7 Å². The average Bonchev–Trinajstić information content (AvgIpc) is 2.46. The number of halogens is 1. The molecule has 0 unspecified atom stereocenters. The summed E-state index contributed by atoms with van der Waals surface area (Å²) in [6, 6.07) is 7.47. The molecule has 0 bridgehead atoms. The molecule has 0 aliphatic carbocycles. The number of carbonyl (C=O) groups excluding carboxylic acids is 1. The van der Waals surface area contributed by atoms with Crippen LogP contribution in [-0.2, 0) is 4.79 Å². The van der Waals surface area contributed by atoms with Crippen LogP contribution in [0, 0.1) is 5.92 Å². The molecule has 2 rings (SSSR count). The highest BCUT2D eigenvalue weighted by Gasteiger charge is 2.26. The van der Waals surface area contributed by atoms with E-state index in [1.54, 1.807) is 11.8 Å². The van der Waals surface area contributed by atoms with Crippen molar-refractivity contribution < 1.29 is 14.6 Å². The lowest BCUT2D eigenvalue weighted by Crippen LogP contribution is -2.44. The molecule has 0 spiro atoms. The van der Waals surface area contributed by atoms with Gasteiger partial charge in [0.25, 0.3) is 5.91 Å². The fourth-order valence-electron chi connectivity index (χ4n) is 2.42. The Kier molecular flexibility index (Phi) is 5.43. The van der Waals surface area contributed by atoms with E-state index in [9.17, 15) is 9.90 Å². The highest BCUT2D eigenvalue weighted by molar-refractivity contribution is 9.10. The number of benzene rings is 1. The highest BCUT2D eigenvalue weighted by atomic mass is 79.9. The van der Waals surface area contributed by atoms with E-state index in [0.29, 0.717) is 12.3 Å². The molecule has 110 valence electrons. The molecular formula is C15H20BrNO3. The number of aliphatic hydroxyl groups is 1.